The van der Waals surface area contributed by atoms with Crippen LogP contribution in [0.5, 0.6) is 0 Å². The van der Waals surface area contributed by atoms with Crippen LogP contribution in [0.25, 0.3) is 5.65 Å². The molecule has 0 atom stereocenters. The van der Waals surface area contributed by atoms with Crippen LogP contribution in [-0.4, -0.2) is 37.8 Å². The molecule has 102 valence electrons. The molecule has 2 aromatic heterocycles. The Morgan fingerprint density at radius 2 is 2.16 bits per heavy atom. The van der Waals surface area contributed by atoms with Crippen molar-refractivity contribution < 1.29 is 9.90 Å². The first-order chi connectivity index (χ1) is 8.78. The molecule has 2 N–H and O–H groups in total. The smallest absolute Gasteiger partial charge is 0.256 e. The lowest BCUT2D eigenvalue weighted by molar-refractivity contribution is 0.0695. The van der Waals surface area contributed by atoms with Gasteiger partial charge in [-0.1, -0.05) is 0 Å². The van der Waals surface area contributed by atoms with Gasteiger partial charge < -0.3 is 10.4 Å². The predicted octanol–water partition coefficient (Wildman–Crippen LogP) is 0.847. The molecule has 0 saturated heterocycles. The Morgan fingerprint density at radius 1 is 1.47 bits per heavy atom. The van der Waals surface area contributed by atoms with Crippen LogP contribution in [0.1, 0.15) is 35.6 Å². The van der Waals surface area contributed by atoms with Gasteiger partial charge in [0, 0.05) is 17.9 Å². The van der Waals surface area contributed by atoms with E-state index in [0.717, 1.165) is 11.4 Å². The first kappa shape index (κ1) is 13.5. The quantitative estimate of drug-likeness (QED) is 0.859. The lowest BCUT2D eigenvalue weighted by Crippen LogP contribution is -2.38. The fourth-order valence-corrected chi connectivity index (χ4v) is 1.82. The molecule has 0 aliphatic rings. The SMILES string of the molecule is Cc1cc(C)n2ncc(C(=O)NCC(C)(C)O)c2n1. The van der Waals surface area contributed by atoms with Crippen LogP contribution in [0.4, 0.5) is 0 Å². The van der Waals surface area contributed by atoms with Crippen molar-refractivity contribution in [2.24, 2.45) is 0 Å². The summed E-state index contributed by atoms with van der Waals surface area (Å²) in [5, 5.41) is 16.4. The maximum atomic E-state index is 12.1. The van der Waals surface area contributed by atoms with E-state index in [9.17, 15) is 9.90 Å². The van der Waals surface area contributed by atoms with Gasteiger partial charge in [-0.2, -0.15) is 5.10 Å². The van der Waals surface area contributed by atoms with Crippen molar-refractivity contribution in [1.29, 1.82) is 0 Å². The standard InChI is InChI=1S/C13H18N4O2/c1-8-5-9(2)17-11(16-8)10(6-15-17)12(18)14-7-13(3,4)19/h5-6,19H,7H2,1-4H3,(H,14,18). The number of carbonyl (C=O) groups excluding carboxylic acids is 1. The maximum absolute atomic E-state index is 12.1. The van der Waals surface area contributed by atoms with Crippen molar-refractivity contribution in [2.75, 3.05) is 6.54 Å². The molecule has 0 aliphatic heterocycles. The molecule has 2 rings (SSSR count). The van der Waals surface area contributed by atoms with Crippen LogP contribution in [0.15, 0.2) is 12.3 Å². The van der Waals surface area contributed by atoms with Crippen LogP contribution in [0.2, 0.25) is 0 Å². The summed E-state index contributed by atoms with van der Waals surface area (Å²) in [5.74, 6) is -0.283. The van der Waals surface area contributed by atoms with E-state index >= 15 is 0 Å². The molecular weight excluding hydrogens is 244 g/mol. The number of nitrogens with zero attached hydrogens (tertiary/aromatic N) is 3. The fourth-order valence-electron chi connectivity index (χ4n) is 1.82. The maximum Gasteiger partial charge on any atom is 0.256 e. The zero-order valence-corrected chi connectivity index (χ0v) is 11.6. The van der Waals surface area contributed by atoms with Crippen LogP contribution in [0, 0.1) is 13.8 Å². The number of rotatable bonds is 3. The van der Waals surface area contributed by atoms with Crippen molar-refractivity contribution in [1.82, 2.24) is 19.9 Å². The van der Waals surface area contributed by atoms with E-state index in [0.29, 0.717) is 11.2 Å². The van der Waals surface area contributed by atoms with Crippen LogP contribution < -0.4 is 5.32 Å². The normalized spacial score (nSPS) is 11.8. The first-order valence-corrected chi connectivity index (χ1v) is 6.10. The van der Waals surface area contributed by atoms with Crippen molar-refractivity contribution >= 4 is 11.6 Å². The largest absolute Gasteiger partial charge is 0.389 e. The number of aromatic nitrogens is 3. The number of hydrogen-bond donors (Lipinski definition) is 2. The molecule has 6 nitrogen and oxygen atoms in total. The van der Waals surface area contributed by atoms with Crippen molar-refractivity contribution in [2.45, 2.75) is 33.3 Å². The average molecular weight is 262 g/mol. The third-order valence-corrected chi connectivity index (χ3v) is 2.70. The number of aliphatic hydroxyl groups is 1. The van der Waals surface area contributed by atoms with Gasteiger partial charge in [0.1, 0.15) is 5.56 Å². The molecule has 0 aliphatic carbocycles. The van der Waals surface area contributed by atoms with Gasteiger partial charge in [0.2, 0.25) is 0 Å². The minimum absolute atomic E-state index is 0.175. The molecule has 0 aromatic carbocycles. The van der Waals surface area contributed by atoms with E-state index < -0.39 is 5.60 Å². The highest BCUT2D eigenvalue weighted by atomic mass is 16.3. The summed E-state index contributed by atoms with van der Waals surface area (Å²) < 4.78 is 1.63. The molecule has 0 unspecified atom stereocenters. The molecule has 2 heterocycles. The van der Waals surface area contributed by atoms with Crippen LogP contribution in [0.3, 0.4) is 0 Å². The lowest BCUT2D eigenvalue weighted by Gasteiger charge is -2.17. The van der Waals surface area contributed by atoms with Gasteiger partial charge in [-0.3, -0.25) is 4.79 Å². The molecule has 6 heteroatoms. The topological polar surface area (TPSA) is 79.5 Å². The van der Waals surface area contributed by atoms with Gasteiger partial charge >= 0.3 is 0 Å². The van der Waals surface area contributed by atoms with Crippen LogP contribution in [-0.2, 0) is 0 Å². The molecule has 19 heavy (non-hydrogen) atoms. The Balaban J connectivity index is 2.33. The predicted molar refractivity (Wildman–Crippen MR) is 71.1 cm³/mol. The highest BCUT2D eigenvalue weighted by Crippen LogP contribution is 2.12. The summed E-state index contributed by atoms with van der Waals surface area (Å²) in [6.45, 7) is 7.23. The third-order valence-electron chi connectivity index (χ3n) is 2.70. The van der Waals surface area contributed by atoms with Gasteiger partial charge in [0.15, 0.2) is 5.65 Å². The Labute approximate surface area is 111 Å². The summed E-state index contributed by atoms with van der Waals surface area (Å²) in [7, 11) is 0. The van der Waals surface area contributed by atoms with Gasteiger partial charge in [0.25, 0.3) is 5.91 Å². The van der Waals surface area contributed by atoms with E-state index in [4.69, 9.17) is 0 Å². The Bertz CT molecular complexity index is 625. The Morgan fingerprint density at radius 3 is 2.79 bits per heavy atom. The number of nitrogens with one attached hydrogen (secondary N) is 1. The molecular formula is C13H18N4O2. The van der Waals surface area contributed by atoms with Gasteiger partial charge in [-0.05, 0) is 33.8 Å². The zero-order valence-electron chi connectivity index (χ0n) is 11.6. The number of amides is 1. The minimum atomic E-state index is -0.947. The second-order valence-electron chi connectivity index (χ2n) is 5.33. The Hall–Kier alpha value is -1.95. The van der Waals surface area contributed by atoms with E-state index in [1.165, 1.54) is 6.20 Å². The lowest BCUT2D eigenvalue weighted by atomic mass is 10.1. The first-order valence-electron chi connectivity index (χ1n) is 6.10. The van der Waals surface area contributed by atoms with E-state index in [1.807, 2.05) is 19.9 Å². The van der Waals surface area contributed by atoms with E-state index in [1.54, 1.807) is 18.4 Å². The number of aryl methyl sites for hydroxylation is 2. The van der Waals surface area contributed by atoms with Gasteiger partial charge in [-0.25, -0.2) is 9.50 Å². The van der Waals surface area contributed by atoms with E-state index in [2.05, 4.69) is 15.4 Å². The number of hydrogen-bond acceptors (Lipinski definition) is 4. The molecule has 0 fully saturated rings. The zero-order chi connectivity index (χ0) is 14.2. The van der Waals surface area contributed by atoms with Gasteiger partial charge in [-0.15, -0.1) is 0 Å². The second kappa shape index (κ2) is 4.62. The fraction of sp³-hybridized carbons (Fsp3) is 0.462. The van der Waals surface area contributed by atoms with Crippen molar-refractivity contribution in [3.8, 4) is 0 Å². The molecule has 2 aromatic rings. The third kappa shape index (κ3) is 2.90. The summed E-state index contributed by atoms with van der Waals surface area (Å²) in [4.78, 5) is 16.4. The highest BCUT2D eigenvalue weighted by molar-refractivity contribution is 5.99. The molecule has 0 radical (unpaired) electrons. The summed E-state index contributed by atoms with van der Waals surface area (Å²) in [6.07, 6.45) is 1.49. The number of carbonyl (C=O) groups is 1. The van der Waals surface area contributed by atoms with E-state index in [-0.39, 0.29) is 12.5 Å². The molecule has 0 saturated carbocycles. The van der Waals surface area contributed by atoms with Crippen molar-refractivity contribution in [3.63, 3.8) is 0 Å². The summed E-state index contributed by atoms with van der Waals surface area (Å²) in [6, 6.07) is 1.90. The van der Waals surface area contributed by atoms with Crippen molar-refractivity contribution in [3.05, 3.63) is 29.2 Å². The minimum Gasteiger partial charge on any atom is -0.389 e. The summed E-state index contributed by atoms with van der Waals surface area (Å²) in [5.41, 5.74) is 1.76. The Kier molecular flexibility index (Phi) is 3.28. The van der Waals surface area contributed by atoms with Crippen LogP contribution >= 0.6 is 0 Å². The average Bonchev–Trinajstić information content (AvgIpc) is 2.68. The second-order valence-corrected chi connectivity index (χ2v) is 5.33. The number of fused-ring (bicyclic) bond motifs is 1. The molecule has 1 amide bonds. The van der Waals surface area contributed by atoms with Gasteiger partial charge in [0.05, 0.1) is 11.8 Å². The monoisotopic (exact) mass is 262 g/mol. The summed E-state index contributed by atoms with van der Waals surface area (Å²) >= 11 is 0. The molecule has 0 bridgehead atoms. The highest BCUT2D eigenvalue weighted by Gasteiger charge is 2.18. The molecule has 0 spiro atoms.